The van der Waals surface area contributed by atoms with Crippen LogP contribution in [0, 0.1) is 0 Å². The van der Waals surface area contributed by atoms with E-state index >= 15 is 0 Å². The number of benzene rings is 1. The minimum Gasteiger partial charge on any atom is -0.497 e. The number of nitrogens with zero attached hydrogens (tertiary/aromatic N) is 3. The fraction of sp³-hybridized carbons (Fsp3) is 0.526. The number of hydrogen-bond acceptors (Lipinski definition) is 6. The van der Waals surface area contributed by atoms with Crippen molar-refractivity contribution >= 4 is 11.3 Å². The Hall–Kier alpha value is -1.63. The summed E-state index contributed by atoms with van der Waals surface area (Å²) in [6, 6.07) is 6.00. The highest BCUT2D eigenvalue weighted by molar-refractivity contribution is 7.09. The normalized spacial score (nSPS) is 16.1. The summed E-state index contributed by atoms with van der Waals surface area (Å²) in [6.45, 7) is 8.29. The molecule has 25 heavy (non-hydrogen) atoms. The zero-order valence-corrected chi connectivity index (χ0v) is 16.1. The van der Waals surface area contributed by atoms with Gasteiger partial charge in [-0.05, 0) is 24.6 Å². The lowest BCUT2D eigenvalue weighted by Gasteiger charge is -2.34. The summed E-state index contributed by atoms with van der Waals surface area (Å²) in [5.74, 6) is 1.81. The predicted octanol–water partition coefficient (Wildman–Crippen LogP) is 3.04. The number of methoxy groups -OCH3 is 2. The molecule has 1 aromatic carbocycles. The minimum atomic E-state index is 0.879. The van der Waals surface area contributed by atoms with E-state index in [1.807, 2.05) is 12.1 Å². The van der Waals surface area contributed by atoms with Crippen molar-refractivity contribution in [2.45, 2.75) is 26.4 Å². The SMILES string of the molecule is CCc1nc(CN2CCN(Cc3cc(OC)ccc3OC)CC2)cs1. The lowest BCUT2D eigenvalue weighted by molar-refractivity contribution is 0.120. The Labute approximate surface area is 154 Å². The second kappa shape index (κ2) is 8.65. The van der Waals surface area contributed by atoms with Crippen molar-refractivity contribution in [1.82, 2.24) is 14.8 Å². The first-order valence-electron chi connectivity index (χ1n) is 8.80. The summed E-state index contributed by atoms with van der Waals surface area (Å²) >= 11 is 1.77. The minimum absolute atomic E-state index is 0.879. The van der Waals surface area contributed by atoms with Crippen LogP contribution in [-0.4, -0.2) is 55.2 Å². The molecule has 0 N–H and O–H groups in total. The van der Waals surface area contributed by atoms with Crippen molar-refractivity contribution in [3.8, 4) is 11.5 Å². The average Bonchev–Trinajstić information content (AvgIpc) is 3.11. The summed E-state index contributed by atoms with van der Waals surface area (Å²) in [5, 5.41) is 3.44. The standard InChI is InChI=1S/C19H27N3O2S/c1-4-19-20-16(14-25-19)13-22-9-7-21(8-10-22)12-15-11-17(23-2)5-6-18(15)24-3/h5-6,11,14H,4,7-10,12-13H2,1-3H3. The summed E-state index contributed by atoms with van der Waals surface area (Å²) in [4.78, 5) is 9.66. The monoisotopic (exact) mass is 361 g/mol. The van der Waals surface area contributed by atoms with Gasteiger partial charge in [0.05, 0.1) is 24.9 Å². The van der Waals surface area contributed by atoms with Gasteiger partial charge in [0.1, 0.15) is 11.5 Å². The fourth-order valence-corrected chi connectivity index (χ4v) is 3.90. The zero-order chi connectivity index (χ0) is 17.6. The molecule has 0 saturated carbocycles. The Morgan fingerprint density at radius 2 is 1.76 bits per heavy atom. The van der Waals surface area contributed by atoms with Gasteiger partial charge in [0.25, 0.3) is 0 Å². The van der Waals surface area contributed by atoms with Crippen molar-refractivity contribution in [3.63, 3.8) is 0 Å². The highest BCUT2D eigenvalue weighted by atomic mass is 32.1. The van der Waals surface area contributed by atoms with Crippen molar-refractivity contribution in [1.29, 1.82) is 0 Å². The fourth-order valence-electron chi connectivity index (χ4n) is 3.16. The van der Waals surface area contributed by atoms with E-state index in [2.05, 4.69) is 33.2 Å². The summed E-state index contributed by atoms with van der Waals surface area (Å²) < 4.78 is 10.8. The molecule has 0 atom stereocenters. The summed E-state index contributed by atoms with van der Waals surface area (Å²) in [7, 11) is 3.43. The number of aromatic nitrogens is 1. The van der Waals surface area contributed by atoms with Gasteiger partial charge in [0, 0.05) is 50.2 Å². The maximum absolute atomic E-state index is 5.50. The zero-order valence-electron chi connectivity index (χ0n) is 15.3. The molecule has 1 aliphatic rings. The molecule has 3 rings (SSSR count). The third-order valence-corrected chi connectivity index (χ3v) is 5.68. The van der Waals surface area contributed by atoms with Gasteiger partial charge in [-0.25, -0.2) is 4.98 Å². The first-order valence-corrected chi connectivity index (χ1v) is 9.68. The lowest BCUT2D eigenvalue weighted by atomic mass is 10.1. The van der Waals surface area contributed by atoms with Crippen LogP contribution in [0.4, 0.5) is 0 Å². The van der Waals surface area contributed by atoms with Gasteiger partial charge < -0.3 is 9.47 Å². The first-order chi connectivity index (χ1) is 12.2. The predicted molar refractivity (Wildman–Crippen MR) is 102 cm³/mol. The second-order valence-electron chi connectivity index (χ2n) is 6.32. The van der Waals surface area contributed by atoms with Crippen LogP contribution in [0.5, 0.6) is 11.5 Å². The Kier molecular flexibility index (Phi) is 6.29. The molecular formula is C19H27N3O2S. The third-order valence-electron chi connectivity index (χ3n) is 4.63. The molecule has 0 unspecified atom stereocenters. The van der Waals surface area contributed by atoms with Crippen LogP contribution >= 0.6 is 11.3 Å². The van der Waals surface area contributed by atoms with Crippen LogP contribution in [0.3, 0.4) is 0 Å². The smallest absolute Gasteiger partial charge is 0.123 e. The molecule has 2 aromatic rings. The number of thiazole rings is 1. The number of hydrogen-bond donors (Lipinski definition) is 0. The number of ether oxygens (including phenoxy) is 2. The maximum atomic E-state index is 5.50. The molecule has 6 heteroatoms. The van der Waals surface area contributed by atoms with Gasteiger partial charge in [-0.1, -0.05) is 6.92 Å². The van der Waals surface area contributed by atoms with Crippen LogP contribution in [0.25, 0.3) is 0 Å². The highest BCUT2D eigenvalue weighted by Gasteiger charge is 2.19. The lowest BCUT2D eigenvalue weighted by Crippen LogP contribution is -2.45. The molecular weight excluding hydrogens is 334 g/mol. The molecule has 5 nitrogen and oxygen atoms in total. The Morgan fingerprint density at radius 1 is 1.04 bits per heavy atom. The van der Waals surface area contributed by atoms with Gasteiger partial charge in [-0.15, -0.1) is 11.3 Å². The van der Waals surface area contributed by atoms with E-state index in [1.165, 1.54) is 16.3 Å². The van der Waals surface area contributed by atoms with Crippen LogP contribution in [0.2, 0.25) is 0 Å². The van der Waals surface area contributed by atoms with Gasteiger partial charge in [-0.3, -0.25) is 9.80 Å². The molecule has 0 amide bonds. The van der Waals surface area contributed by atoms with Gasteiger partial charge >= 0.3 is 0 Å². The molecule has 0 spiro atoms. The molecule has 136 valence electrons. The highest BCUT2D eigenvalue weighted by Crippen LogP contribution is 2.25. The van der Waals surface area contributed by atoms with Crippen molar-refractivity contribution in [2.24, 2.45) is 0 Å². The van der Waals surface area contributed by atoms with Gasteiger partial charge in [0.15, 0.2) is 0 Å². The molecule has 1 aliphatic heterocycles. The molecule has 2 heterocycles. The Balaban J connectivity index is 1.54. The van der Waals surface area contributed by atoms with Gasteiger partial charge in [-0.2, -0.15) is 0 Å². The first kappa shape index (κ1) is 18.2. The van der Waals surface area contributed by atoms with Crippen LogP contribution in [0.15, 0.2) is 23.6 Å². The Morgan fingerprint density at radius 3 is 2.36 bits per heavy atom. The van der Waals surface area contributed by atoms with E-state index in [1.54, 1.807) is 25.6 Å². The van der Waals surface area contributed by atoms with E-state index in [4.69, 9.17) is 9.47 Å². The third kappa shape index (κ3) is 4.71. The number of piperazine rings is 1. The van der Waals surface area contributed by atoms with Crippen molar-refractivity contribution in [3.05, 3.63) is 39.8 Å². The van der Waals surface area contributed by atoms with E-state index in [-0.39, 0.29) is 0 Å². The quantitative estimate of drug-likeness (QED) is 0.758. The van der Waals surface area contributed by atoms with E-state index in [0.717, 1.165) is 57.2 Å². The van der Waals surface area contributed by atoms with Gasteiger partial charge in [0.2, 0.25) is 0 Å². The molecule has 1 saturated heterocycles. The molecule has 0 radical (unpaired) electrons. The molecule has 0 bridgehead atoms. The van der Waals surface area contributed by atoms with Crippen LogP contribution < -0.4 is 9.47 Å². The molecule has 1 aromatic heterocycles. The van der Waals surface area contributed by atoms with E-state index in [9.17, 15) is 0 Å². The topological polar surface area (TPSA) is 37.8 Å². The largest absolute Gasteiger partial charge is 0.497 e. The average molecular weight is 362 g/mol. The number of rotatable bonds is 7. The van der Waals surface area contributed by atoms with Crippen LogP contribution in [0.1, 0.15) is 23.2 Å². The molecule has 0 aliphatic carbocycles. The van der Waals surface area contributed by atoms with Crippen molar-refractivity contribution in [2.75, 3.05) is 40.4 Å². The van der Waals surface area contributed by atoms with Crippen LogP contribution in [-0.2, 0) is 19.5 Å². The number of aryl methyl sites for hydroxylation is 1. The maximum Gasteiger partial charge on any atom is 0.123 e. The second-order valence-corrected chi connectivity index (χ2v) is 7.26. The van der Waals surface area contributed by atoms with E-state index in [0.29, 0.717) is 0 Å². The Bertz CT molecular complexity index is 681. The molecule has 1 fully saturated rings. The van der Waals surface area contributed by atoms with Crippen molar-refractivity contribution < 1.29 is 9.47 Å². The summed E-state index contributed by atoms with van der Waals surface area (Å²) in [5.41, 5.74) is 2.40. The van der Waals surface area contributed by atoms with E-state index < -0.39 is 0 Å². The summed E-state index contributed by atoms with van der Waals surface area (Å²) in [6.07, 6.45) is 1.03.